The Labute approximate surface area is 179 Å². The molecule has 7 nitrogen and oxygen atoms in total. The van der Waals surface area contributed by atoms with Crippen LogP contribution in [0.4, 0.5) is 0 Å². The van der Waals surface area contributed by atoms with E-state index in [1.807, 2.05) is 34.9 Å². The molecular formula is C21H27BrN4O3. The molecule has 8 heteroatoms. The average molecular weight is 463 g/mol. The lowest BCUT2D eigenvalue weighted by molar-refractivity contribution is -0.141. The molecule has 2 amide bonds. The van der Waals surface area contributed by atoms with Gasteiger partial charge in [-0.2, -0.15) is 0 Å². The van der Waals surface area contributed by atoms with Crippen LogP contribution in [-0.2, 0) is 20.9 Å². The van der Waals surface area contributed by atoms with Crippen LogP contribution in [0, 0.1) is 6.92 Å². The van der Waals surface area contributed by atoms with Crippen molar-refractivity contribution in [2.75, 3.05) is 59.0 Å². The van der Waals surface area contributed by atoms with Crippen LogP contribution in [0.2, 0.25) is 0 Å². The Morgan fingerprint density at radius 2 is 1.52 bits per heavy atom. The summed E-state index contributed by atoms with van der Waals surface area (Å²) in [7, 11) is 0. The zero-order valence-electron chi connectivity index (χ0n) is 16.8. The summed E-state index contributed by atoms with van der Waals surface area (Å²) in [6.45, 7) is 8.18. The van der Waals surface area contributed by atoms with Crippen molar-refractivity contribution in [1.29, 1.82) is 0 Å². The first-order valence-corrected chi connectivity index (χ1v) is 10.9. The normalized spacial score (nSPS) is 18.4. The van der Waals surface area contributed by atoms with E-state index in [0.29, 0.717) is 52.5 Å². The summed E-state index contributed by atoms with van der Waals surface area (Å²) in [5, 5.41) is 1.12. The van der Waals surface area contributed by atoms with Gasteiger partial charge in [0.2, 0.25) is 11.8 Å². The molecule has 2 aliphatic rings. The molecule has 4 rings (SSSR count). The SMILES string of the molecule is Cc1c(Br)c2ccccc2n1CC(=O)N1CCN(C(=O)CN2CCOCC2)CC1. The minimum Gasteiger partial charge on any atom is -0.379 e. The minimum atomic E-state index is 0.0987. The molecule has 156 valence electrons. The van der Waals surface area contributed by atoms with Gasteiger partial charge in [-0.05, 0) is 28.9 Å². The van der Waals surface area contributed by atoms with Gasteiger partial charge in [-0.3, -0.25) is 14.5 Å². The fourth-order valence-corrected chi connectivity index (χ4v) is 4.63. The van der Waals surface area contributed by atoms with E-state index in [2.05, 4.69) is 31.5 Å². The number of para-hydroxylation sites is 1. The highest BCUT2D eigenvalue weighted by Gasteiger charge is 2.26. The molecular weight excluding hydrogens is 436 g/mol. The molecule has 0 N–H and O–H groups in total. The number of ether oxygens (including phenoxy) is 1. The quantitative estimate of drug-likeness (QED) is 0.693. The summed E-state index contributed by atoms with van der Waals surface area (Å²) in [4.78, 5) is 31.4. The van der Waals surface area contributed by atoms with E-state index in [4.69, 9.17) is 4.74 Å². The topological polar surface area (TPSA) is 58.0 Å². The maximum absolute atomic E-state index is 12.9. The van der Waals surface area contributed by atoms with Crippen LogP contribution in [0.3, 0.4) is 0 Å². The number of aromatic nitrogens is 1. The maximum atomic E-state index is 12.9. The molecule has 0 aliphatic carbocycles. The number of rotatable bonds is 4. The third kappa shape index (κ3) is 4.34. The molecule has 0 bridgehead atoms. The summed E-state index contributed by atoms with van der Waals surface area (Å²) in [5.74, 6) is 0.247. The summed E-state index contributed by atoms with van der Waals surface area (Å²) < 4.78 is 8.45. The number of morpholine rings is 1. The molecule has 2 fully saturated rings. The Kier molecular flexibility index (Phi) is 6.22. The molecule has 3 heterocycles. The highest BCUT2D eigenvalue weighted by atomic mass is 79.9. The first-order valence-electron chi connectivity index (χ1n) is 10.1. The van der Waals surface area contributed by atoms with E-state index in [0.717, 1.165) is 34.2 Å². The highest BCUT2D eigenvalue weighted by molar-refractivity contribution is 9.10. The van der Waals surface area contributed by atoms with Crippen LogP contribution in [0.15, 0.2) is 28.7 Å². The Hall–Kier alpha value is -1.90. The van der Waals surface area contributed by atoms with Crippen molar-refractivity contribution < 1.29 is 14.3 Å². The number of halogens is 1. The van der Waals surface area contributed by atoms with Gasteiger partial charge in [-0.15, -0.1) is 0 Å². The van der Waals surface area contributed by atoms with Gasteiger partial charge in [0.05, 0.1) is 19.8 Å². The van der Waals surface area contributed by atoms with Crippen molar-refractivity contribution in [3.63, 3.8) is 0 Å². The number of nitrogens with zero attached hydrogens (tertiary/aromatic N) is 4. The van der Waals surface area contributed by atoms with Crippen LogP contribution in [0.5, 0.6) is 0 Å². The van der Waals surface area contributed by atoms with Crippen LogP contribution in [0.1, 0.15) is 5.69 Å². The average Bonchev–Trinajstić information content (AvgIpc) is 2.99. The Balaban J connectivity index is 1.34. The lowest BCUT2D eigenvalue weighted by Crippen LogP contribution is -2.53. The number of carbonyl (C=O) groups excluding carboxylic acids is 2. The predicted octanol–water partition coefficient (Wildman–Crippen LogP) is 1.72. The predicted molar refractivity (Wildman–Crippen MR) is 115 cm³/mol. The van der Waals surface area contributed by atoms with Crippen LogP contribution in [0.25, 0.3) is 10.9 Å². The molecule has 29 heavy (non-hydrogen) atoms. The number of benzene rings is 1. The number of fused-ring (bicyclic) bond motifs is 1. The standard InChI is InChI=1S/C21H27BrN4O3/c1-16-21(22)17-4-2-3-5-18(17)26(16)15-20(28)25-8-6-24(7-9-25)19(27)14-23-10-12-29-13-11-23/h2-5H,6-15H2,1H3. The number of piperazine rings is 1. The summed E-state index contributed by atoms with van der Waals surface area (Å²) in [6, 6.07) is 8.11. The van der Waals surface area contributed by atoms with Crippen molar-refractivity contribution in [3.8, 4) is 0 Å². The van der Waals surface area contributed by atoms with Crippen LogP contribution in [-0.4, -0.2) is 90.1 Å². The zero-order chi connectivity index (χ0) is 20.4. The van der Waals surface area contributed by atoms with Crippen molar-refractivity contribution in [1.82, 2.24) is 19.3 Å². The van der Waals surface area contributed by atoms with Crippen molar-refractivity contribution in [3.05, 3.63) is 34.4 Å². The molecule has 1 aromatic carbocycles. The Bertz CT molecular complexity index is 899. The Morgan fingerprint density at radius 3 is 2.17 bits per heavy atom. The summed E-state index contributed by atoms with van der Waals surface area (Å²) >= 11 is 3.65. The first-order chi connectivity index (χ1) is 14.0. The second kappa shape index (κ2) is 8.85. The van der Waals surface area contributed by atoms with Gasteiger partial charge in [0.25, 0.3) is 0 Å². The van der Waals surface area contributed by atoms with E-state index >= 15 is 0 Å². The van der Waals surface area contributed by atoms with E-state index < -0.39 is 0 Å². The van der Waals surface area contributed by atoms with Crippen LogP contribution < -0.4 is 0 Å². The smallest absolute Gasteiger partial charge is 0.242 e. The number of hydrogen-bond donors (Lipinski definition) is 0. The molecule has 2 saturated heterocycles. The highest BCUT2D eigenvalue weighted by Crippen LogP contribution is 2.30. The molecule has 0 atom stereocenters. The Morgan fingerprint density at radius 1 is 0.931 bits per heavy atom. The zero-order valence-corrected chi connectivity index (χ0v) is 18.4. The van der Waals surface area contributed by atoms with E-state index in [9.17, 15) is 9.59 Å². The first kappa shape index (κ1) is 20.4. The minimum absolute atomic E-state index is 0.0987. The lowest BCUT2D eigenvalue weighted by atomic mass is 10.2. The molecule has 0 unspecified atom stereocenters. The maximum Gasteiger partial charge on any atom is 0.242 e. The van der Waals surface area contributed by atoms with Crippen molar-refractivity contribution in [2.45, 2.75) is 13.5 Å². The summed E-state index contributed by atoms with van der Waals surface area (Å²) in [6.07, 6.45) is 0. The largest absolute Gasteiger partial charge is 0.379 e. The summed E-state index contributed by atoms with van der Waals surface area (Å²) in [5.41, 5.74) is 2.11. The van der Waals surface area contributed by atoms with Gasteiger partial charge in [-0.1, -0.05) is 18.2 Å². The van der Waals surface area contributed by atoms with Gasteiger partial charge in [0.1, 0.15) is 6.54 Å². The van der Waals surface area contributed by atoms with E-state index in [-0.39, 0.29) is 11.8 Å². The monoisotopic (exact) mass is 462 g/mol. The second-order valence-corrected chi connectivity index (χ2v) is 8.45. The molecule has 1 aromatic heterocycles. The van der Waals surface area contributed by atoms with E-state index in [1.165, 1.54) is 0 Å². The van der Waals surface area contributed by atoms with Crippen molar-refractivity contribution in [2.24, 2.45) is 0 Å². The molecule has 0 saturated carbocycles. The van der Waals surface area contributed by atoms with Gasteiger partial charge < -0.3 is 19.1 Å². The molecule has 0 radical (unpaired) electrons. The van der Waals surface area contributed by atoms with Crippen LogP contribution >= 0.6 is 15.9 Å². The molecule has 2 aliphatic heterocycles. The second-order valence-electron chi connectivity index (χ2n) is 7.65. The molecule has 2 aromatic rings. The number of hydrogen-bond acceptors (Lipinski definition) is 4. The fourth-order valence-electron chi connectivity index (χ4n) is 4.08. The van der Waals surface area contributed by atoms with Gasteiger partial charge in [0.15, 0.2) is 0 Å². The number of carbonyl (C=O) groups is 2. The van der Waals surface area contributed by atoms with Gasteiger partial charge in [-0.25, -0.2) is 0 Å². The van der Waals surface area contributed by atoms with Gasteiger partial charge in [0, 0.05) is 60.3 Å². The lowest BCUT2D eigenvalue weighted by Gasteiger charge is -2.36. The van der Waals surface area contributed by atoms with Crippen molar-refractivity contribution >= 4 is 38.6 Å². The third-order valence-electron chi connectivity index (χ3n) is 5.89. The number of amides is 2. The van der Waals surface area contributed by atoms with Gasteiger partial charge >= 0.3 is 0 Å². The van der Waals surface area contributed by atoms with E-state index in [1.54, 1.807) is 0 Å². The molecule has 0 spiro atoms. The third-order valence-corrected chi connectivity index (χ3v) is 6.90. The fraction of sp³-hybridized carbons (Fsp3) is 0.524.